The van der Waals surface area contributed by atoms with Crippen LogP contribution in [-0.2, 0) is 9.53 Å². The molecule has 0 aliphatic heterocycles. The zero-order valence-corrected chi connectivity index (χ0v) is 10.8. The highest BCUT2D eigenvalue weighted by molar-refractivity contribution is 5.88. The molecule has 98 valence electrons. The van der Waals surface area contributed by atoms with Gasteiger partial charge in [0.15, 0.2) is 0 Å². The standard InChI is InChI=1S/C13H24N2O2/c1-2-17-9-8-12(4-3-5-12)10-15-11(16)13(14)6-7-13/h2-10,14H2,1H3,(H,15,16). The molecular weight excluding hydrogens is 216 g/mol. The molecule has 0 atom stereocenters. The topological polar surface area (TPSA) is 64.3 Å². The average Bonchev–Trinajstić information content (AvgIpc) is 3.00. The minimum atomic E-state index is -0.537. The smallest absolute Gasteiger partial charge is 0.240 e. The Morgan fingerprint density at radius 1 is 1.35 bits per heavy atom. The van der Waals surface area contributed by atoms with E-state index in [1.165, 1.54) is 19.3 Å². The first-order valence-electron chi connectivity index (χ1n) is 6.75. The normalized spacial score (nSPS) is 23.9. The summed E-state index contributed by atoms with van der Waals surface area (Å²) in [6, 6.07) is 0. The van der Waals surface area contributed by atoms with Crippen molar-refractivity contribution < 1.29 is 9.53 Å². The Balaban J connectivity index is 1.73. The van der Waals surface area contributed by atoms with Crippen LogP contribution in [0.1, 0.15) is 45.4 Å². The predicted octanol–water partition coefficient (Wildman–Crippen LogP) is 1.19. The van der Waals surface area contributed by atoms with Crippen LogP contribution >= 0.6 is 0 Å². The molecule has 0 radical (unpaired) electrons. The zero-order chi connectivity index (χ0) is 12.4. The van der Waals surface area contributed by atoms with E-state index in [0.717, 1.165) is 39.0 Å². The quantitative estimate of drug-likeness (QED) is 0.657. The number of nitrogens with one attached hydrogen (secondary N) is 1. The molecule has 0 heterocycles. The van der Waals surface area contributed by atoms with Crippen LogP contribution in [0, 0.1) is 5.41 Å². The molecule has 0 unspecified atom stereocenters. The van der Waals surface area contributed by atoms with E-state index in [4.69, 9.17) is 10.5 Å². The first-order valence-corrected chi connectivity index (χ1v) is 6.75. The lowest BCUT2D eigenvalue weighted by Gasteiger charge is -2.42. The molecule has 2 aliphatic rings. The van der Waals surface area contributed by atoms with Gasteiger partial charge in [0.2, 0.25) is 5.91 Å². The Morgan fingerprint density at radius 2 is 2.06 bits per heavy atom. The van der Waals surface area contributed by atoms with Crippen molar-refractivity contribution in [2.24, 2.45) is 11.1 Å². The summed E-state index contributed by atoms with van der Waals surface area (Å²) in [5, 5.41) is 3.04. The number of amides is 1. The van der Waals surface area contributed by atoms with Crippen molar-refractivity contribution in [3.8, 4) is 0 Å². The number of hydrogen-bond acceptors (Lipinski definition) is 3. The van der Waals surface area contributed by atoms with Crippen molar-refractivity contribution in [2.75, 3.05) is 19.8 Å². The SMILES string of the molecule is CCOCCC1(CNC(=O)C2(N)CC2)CCC1. The number of rotatable bonds is 7. The van der Waals surface area contributed by atoms with Gasteiger partial charge in [0, 0.05) is 19.8 Å². The van der Waals surface area contributed by atoms with Gasteiger partial charge in [0.1, 0.15) is 0 Å². The fraction of sp³-hybridized carbons (Fsp3) is 0.923. The summed E-state index contributed by atoms with van der Waals surface area (Å²) in [5.41, 5.74) is 5.61. The number of carbonyl (C=O) groups excluding carboxylic acids is 1. The van der Waals surface area contributed by atoms with Gasteiger partial charge in [-0.2, -0.15) is 0 Å². The molecule has 1 amide bonds. The van der Waals surface area contributed by atoms with Crippen LogP contribution in [0.25, 0.3) is 0 Å². The molecule has 0 aromatic heterocycles. The summed E-state index contributed by atoms with van der Waals surface area (Å²) in [5.74, 6) is 0.0418. The molecule has 4 nitrogen and oxygen atoms in total. The molecular formula is C13H24N2O2. The third-order valence-electron chi connectivity index (χ3n) is 4.26. The molecule has 2 fully saturated rings. The molecule has 3 N–H and O–H groups in total. The zero-order valence-electron chi connectivity index (χ0n) is 10.8. The van der Waals surface area contributed by atoms with Crippen LogP contribution in [-0.4, -0.2) is 31.2 Å². The van der Waals surface area contributed by atoms with E-state index >= 15 is 0 Å². The molecule has 2 rings (SSSR count). The third-order valence-corrected chi connectivity index (χ3v) is 4.26. The summed E-state index contributed by atoms with van der Waals surface area (Å²) in [6.07, 6.45) is 6.42. The van der Waals surface area contributed by atoms with Crippen LogP contribution in [0.2, 0.25) is 0 Å². The second-order valence-electron chi connectivity index (χ2n) is 5.64. The van der Waals surface area contributed by atoms with Crippen LogP contribution in [0.3, 0.4) is 0 Å². The number of ether oxygens (including phenoxy) is 1. The van der Waals surface area contributed by atoms with E-state index in [2.05, 4.69) is 5.32 Å². The van der Waals surface area contributed by atoms with Gasteiger partial charge in [0.05, 0.1) is 5.54 Å². The van der Waals surface area contributed by atoms with E-state index in [1.54, 1.807) is 0 Å². The van der Waals surface area contributed by atoms with Gasteiger partial charge in [-0.15, -0.1) is 0 Å². The lowest BCUT2D eigenvalue weighted by atomic mass is 9.66. The first-order chi connectivity index (χ1) is 8.10. The van der Waals surface area contributed by atoms with Crippen molar-refractivity contribution in [2.45, 2.75) is 51.0 Å². The molecule has 17 heavy (non-hydrogen) atoms. The first kappa shape index (κ1) is 12.8. The number of hydrogen-bond donors (Lipinski definition) is 2. The van der Waals surface area contributed by atoms with Crippen LogP contribution in [0.15, 0.2) is 0 Å². The maximum Gasteiger partial charge on any atom is 0.240 e. The Bertz CT molecular complexity index is 283. The summed E-state index contributed by atoms with van der Waals surface area (Å²) in [6.45, 7) is 4.37. The van der Waals surface area contributed by atoms with Gasteiger partial charge in [-0.3, -0.25) is 4.79 Å². The molecule has 2 aliphatic carbocycles. The Kier molecular flexibility index (Phi) is 3.73. The summed E-state index contributed by atoms with van der Waals surface area (Å²) in [7, 11) is 0. The monoisotopic (exact) mass is 240 g/mol. The summed E-state index contributed by atoms with van der Waals surface area (Å²) in [4.78, 5) is 11.8. The minimum Gasteiger partial charge on any atom is -0.382 e. The van der Waals surface area contributed by atoms with Gasteiger partial charge in [0.25, 0.3) is 0 Å². The molecule has 0 saturated heterocycles. The van der Waals surface area contributed by atoms with Gasteiger partial charge in [-0.25, -0.2) is 0 Å². The van der Waals surface area contributed by atoms with Gasteiger partial charge >= 0.3 is 0 Å². The van der Waals surface area contributed by atoms with E-state index in [1.807, 2.05) is 6.92 Å². The van der Waals surface area contributed by atoms with E-state index in [-0.39, 0.29) is 11.3 Å². The second kappa shape index (κ2) is 4.94. The summed E-state index contributed by atoms with van der Waals surface area (Å²) < 4.78 is 5.41. The molecule has 0 bridgehead atoms. The van der Waals surface area contributed by atoms with Crippen molar-refractivity contribution in [3.05, 3.63) is 0 Å². The van der Waals surface area contributed by atoms with Gasteiger partial charge in [-0.05, 0) is 44.4 Å². The fourth-order valence-electron chi connectivity index (χ4n) is 2.43. The number of carbonyl (C=O) groups is 1. The lowest BCUT2D eigenvalue weighted by Crippen LogP contribution is -2.49. The van der Waals surface area contributed by atoms with Crippen molar-refractivity contribution in [1.82, 2.24) is 5.32 Å². The third kappa shape index (κ3) is 2.99. The van der Waals surface area contributed by atoms with Gasteiger partial charge in [-0.1, -0.05) is 6.42 Å². The highest BCUT2D eigenvalue weighted by Gasteiger charge is 2.47. The molecule has 0 aromatic rings. The van der Waals surface area contributed by atoms with Crippen LogP contribution < -0.4 is 11.1 Å². The lowest BCUT2D eigenvalue weighted by molar-refractivity contribution is -0.124. The Hall–Kier alpha value is -0.610. The van der Waals surface area contributed by atoms with Crippen LogP contribution in [0.4, 0.5) is 0 Å². The van der Waals surface area contributed by atoms with E-state index in [0.29, 0.717) is 0 Å². The van der Waals surface area contributed by atoms with Crippen molar-refractivity contribution in [3.63, 3.8) is 0 Å². The molecule has 2 saturated carbocycles. The van der Waals surface area contributed by atoms with Crippen molar-refractivity contribution in [1.29, 1.82) is 0 Å². The summed E-state index contributed by atoms with van der Waals surface area (Å²) >= 11 is 0. The minimum absolute atomic E-state index is 0.0418. The Morgan fingerprint density at radius 3 is 2.53 bits per heavy atom. The maximum absolute atomic E-state index is 11.8. The van der Waals surface area contributed by atoms with Crippen molar-refractivity contribution >= 4 is 5.91 Å². The Labute approximate surface area is 103 Å². The highest BCUT2D eigenvalue weighted by Crippen LogP contribution is 2.43. The highest BCUT2D eigenvalue weighted by atomic mass is 16.5. The predicted molar refractivity (Wildman–Crippen MR) is 66.6 cm³/mol. The molecule has 0 aromatic carbocycles. The average molecular weight is 240 g/mol. The fourth-order valence-corrected chi connectivity index (χ4v) is 2.43. The molecule has 4 heteroatoms. The maximum atomic E-state index is 11.8. The number of nitrogens with two attached hydrogens (primary N) is 1. The van der Waals surface area contributed by atoms with E-state index in [9.17, 15) is 4.79 Å². The van der Waals surface area contributed by atoms with Gasteiger partial charge < -0.3 is 15.8 Å². The van der Waals surface area contributed by atoms with E-state index < -0.39 is 5.54 Å². The second-order valence-corrected chi connectivity index (χ2v) is 5.64. The largest absolute Gasteiger partial charge is 0.382 e. The van der Waals surface area contributed by atoms with Crippen LogP contribution in [0.5, 0.6) is 0 Å². The molecule has 0 spiro atoms.